The van der Waals surface area contributed by atoms with Crippen LogP contribution in [0.1, 0.15) is 6.92 Å². The Morgan fingerprint density at radius 2 is 2.00 bits per heavy atom. The second-order valence-electron chi connectivity index (χ2n) is 2.83. The van der Waals surface area contributed by atoms with Gasteiger partial charge in [-0.1, -0.05) is 0 Å². The molecule has 0 spiro atoms. The van der Waals surface area contributed by atoms with Crippen LogP contribution in [0.5, 0.6) is 0 Å². The van der Waals surface area contributed by atoms with Gasteiger partial charge in [-0.25, -0.2) is 8.78 Å². The summed E-state index contributed by atoms with van der Waals surface area (Å²) in [6, 6.07) is 2.00. The predicted octanol–water partition coefficient (Wildman–Crippen LogP) is 2.00. The van der Waals surface area contributed by atoms with Crippen LogP contribution in [0.15, 0.2) is 12.1 Å². The maximum Gasteiger partial charge on any atom is 0.151 e. The van der Waals surface area contributed by atoms with Crippen molar-refractivity contribution in [3.63, 3.8) is 0 Å². The molecule has 4 heteroatoms. The molecule has 1 aromatic carbocycles. The number of halogens is 2. The van der Waals surface area contributed by atoms with Gasteiger partial charge in [0.1, 0.15) is 5.82 Å². The van der Waals surface area contributed by atoms with Crippen LogP contribution in [0.4, 0.5) is 20.2 Å². The normalized spacial score (nSPS) is 10.2. The average Bonchev–Trinajstić information content (AvgIpc) is 2.10. The molecule has 2 nitrogen and oxygen atoms in total. The first-order valence-corrected chi connectivity index (χ1v) is 4.02. The molecule has 1 rings (SSSR count). The van der Waals surface area contributed by atoms with E-state index < -0.39 is 11.6 Å². The van der Waals surface area contributed by atoms with E-state index in [0.29, 0.717) is 12.2 Å². The summed E-state index contributed by atoms with van der Waals surface area (Å²) in [4.78, 5) is 1.68. The molecule has 0 atom stereocenters. The summed E-state index contributed by atoms with van der Waals surface area (Å²) in [6.45, 7) is 2.52. The molecule has 0 amide bonds. The number of hydrogen-bond acceptors (Lipinski definition) is 2. The third-order valence-corrected chi connectivity index (χ3v) is 1.96. The van der Waals surface area contributed by atoms with Gasteiger partial charge in [-0.05, 0) is 13.0 Å². The van der Waals surface area contributed by atoms with Crippen LogP contribution >= 0.6 is 0 Å². The second kappa shape index (κ2) is 3.60. The Kier molecular flexibility index (Phi) is 2.70. The molecule has 0 aliphatic carbocycles. The Balaban J connectivity index is 3.20. The van der Waals surface area contributed by atoms with Crippen molar-refractivity contribution < 1.29 is 8.78 Å². The van der Waals surface area contributed by atoms with E-state index in [-0.39, 0.29) is 5.69 Å². The monoisotopic (exact) mass is 186 g/mol. The fourth-order valence-electron chi connectivity index (χ4n) is 1.06. The SMILES string of the molecule is CCN(C)c1cc(F)cc(F)c1N. The van der Waals surface area contributed by atoms with E-state index in [2.05, 4.69) is 0 Å². The Morgan fingerprint density at radius 1 is 1.38 bits per heavy atom. The molecule has 72 valence electrons. The lowest BCUT2D eigenvalue weighted by atomic mass is 10.2. The third kappa shape index (κ3) is 1.88. The average molecular weight is 186 g/mol. The molecule has 0 saturated carbocycles. The van der Waals surface area contributed by atoms with E-state index in [1.54, 1.807) is 11.9 Å². The van der Waals surface area contributed by atoms with Gasteiger partial charge in [0.05, 0.1) is 11.4 Å². The molecular weight excluding hydrogens is 174 g/mol. The first-order chi connectivity index (χ1) is 6.06. The number of anilines is 2. The highest BCUT2D eigenvalue weighted by Crippen LogP contribution is 2.25. The fraction of sp³-hybridized carbons (Fsp3) is 0.333. The zero-order valence-electron chi connectivity index (χ0n) is 7.64. The smallest absolute Gasteiger partial charge is 0.151 e. The van der Waals surface area contributed by atoms with E-state index in [9.17, 15) is 8.78 Å². The molecule has 0 heterocycles. The summed E-state index contributed by atoms with van der Waals surface area (Å²) in [7, 11) is 1.73. The Labute approximate surface area is 76.0 Å². The quantitative estimate of drug-likeness (QED) is 0.716. The van der Waals surface area contributed by atoms with Gasteiger partial charge < -0.3 is 10.6 Å². The van der Waals surface area contributed by atoms with Crippen LogP contribution in [0.2, 0.25) is 0 Å². The Hall–Kier alpha value is -1.32. The van der Waals surface area contributed by atoms with Gasteiger partial charge in [0, 0.05) is 19.7 Å². The molecule has 0 aromatic heterocycles. The van der Waals surface area contributed by atoms with E-state index in [4.69, 9.17) is 5.73 Å². The number of hydrogen-bond donors (Lipinski definition) is 1. The van der Waals surface area contributed by atoms with Crippen molar-refractivity contribution in [1.82, 2.24) is 0 Å². The maximum absolute atomic E-state index is 12.9. The topological polar surface area (TPSA) is 29.3 Å². The fourth-order valence-corrected chi connectivity index (χ4v) is 1.06. The van der Waals surface area contributed by atoms with Gasteiger partial charge in [-0.2, -0.15) is 0 Å². The number of nitrogens with zero attached hydrogens (tertiary/aromatic N) is 1. The molecule has 0 aliphatic heterocycles. The summed E-state index contributed by atoms with van der Waals surface area (Å²) in [5, 5.41) is 0. The summed E-state index contributed by atoms with van der Waals surface area (Å²) >= 11 is 0. The van der Waals surface area contributed by atoms with Crippen LogP contribution in [-0.2, 0) is 0 Å². The predicted molar refractivity (Wildman–Crippen MR) is 49.7 cm³/mol. The van der Waals surface area contributed by atoms with Crippen LogP contribution in [-0.4, -0.2) is 13.6 Å². The highest BCUT2D eigenvalue weighted by Gasteiger charge is 2.10. The minimum Gasteiger partial charge on any atom is -0.395 e. The van der Waals surface area contributed by atoms with Gasteiger partial charge in [-0.3, -0.25) is 0 Å². The summed E-state index contributed by atoms with van der Waals surface area (Å²) < 4.78 is 25.7. The van der Waals surface area contributed by atoms with Crippen LogP contribution in [0.25, 0.3) is 0 Å². The van der Waals surface area contributed by atoms with E-state index >= 15 is 0 Å². The number of rotatable bonds is 2. The molecular formula is C9H12F2N2. The van der Waals surface area contributed by atoms with Gasteiger partial charge in [0.2, 0.25) is 0 Å². The highest BCUT2D eigenvalue weighted by atomic mass is 19.1. The van der Waals surface area contributed by atoms with Crippen molar-refractivity contribution >= 4 is 11.4 Å². The Bertz CT molecular complexity index is 313. The van der Waals surface area contributed by atoms with Crippen LogP contribution in [0.3, 0.4) is 0 Å². The summed E-state index contributed by atoms with van der Waals surface area (Å²) in [5.41, 5.74) is 5.82. The van der Waals surface area contributed by atoms with Gasteiger partial charge in [-0.15, -0.1) is 0 Å². The van der Waals surface area contributed by atoms with Crippen molar-refractivity contribution in [3.05, 3.63) is 23.8 Å². The summed E-state index contributed by atoms with van der Waals surface area (Å²) in [5.74, 6) is -1.32. The van der Waals surface area contributed by atoms with Crippen molar-refractivity contribution in [3.8, 4) is 0 Å². The first kappa shape index (κ1) is 9.77. The lowest BCUT2D eigenvalue weighted by Gasteiger charge is -2.19. The van der Waals surface area contributed by atoms with Crippen LogP contribution in [0, 0.1) is 11.6 Å². The van der Waals surface area contributed by atoms with Gasteiger partial charge in [0.15, 0.2) is 5.82 Å². The first-order valence-electron chi connectivity index (χ1n) is 4.02. The van der Waals surface area contributed by atoms with Crippen molar-refractivity contribution in [1.29, 1.82) is 0 Å². The van der Waals surface area contributed by atoms with Crippen molar-refractivity contribution in [2.24, 2.45) is 0 Å². The molecule has 0 bridgehead atoms. The zero-order valence-corrected chi connectivity index (χ0v) is 7.64. The second-order valence-corrected chi connectivity index (χ2v) is 2.83. The van der Waals surface area contributed by atoms with E-state index in [0.717, 1.165) is 6.07 Å². The molecule has 13 heavy (non-hydrogen) atoms. The highest BCUT2D eigenvalue weighted by molar-refractivity contribution is 5.67. The van der Waals surface area contributed by atoms with E-state index in [1.165, 1.54) is 6.07 Å². The van der Waals surface area contributed by atoms with Crippen molar-refractivity contribution in [2.45, 2.75) is 6.92 Å². The largest absolute Gasteiger partial charge is 0.395 e. The minimum absolute atomic E-state index is 0.00856. The molecule has 0 aliphatic rings. The zero-order chi connectivity index (χ0) is 10.0. The number of nitrogens with two attached hydrogens (primary N) is 1. The lowest BCUT2D eigenvalue weighted by Crippen LogP contribution is -2.18. The van der Waals surface area contributed by atoms with E-state index in [1.807, 2.05) is 6.92 Å². The lowest BCUT2D eigenvalue weighted by molar-refractivity contribution is 0.586. The van der Waals surface area contributed by atoms with Crippen molar-refractivity contribution in [2.75, 3.05) is 24.2 Å². The molecule has 0 fully saturated rings. The number of benzene rings is 1. The molecule has 0 radical (unpaired) electrons. The molecule has 2 N–H and O–H groups in total. The maximum atomic E-state index is 12.9. The van der Waals surface area contributed by atoms with Gasteiger partial charge >= 0.3 is 0 Å². The number of nitrogen functional groups attached to an aromatic ring is 1. The van der Waals surface area contributed by atoms with Gasteiger partial charge in [0.25, 0.3) is 0 Å². The summed E-state index contributed by atoms with van der Waals surface area (Å²) in [6.07, 6.45) is 0. The molecule has 0 saturated heterocycles. The minimum atomic E-state index is -0.713. The molecule has 0 unspecified atom stereocenters. The molecule has 1 aromatic rings. The standard InChI is InChI=1S/C9H12F2N2/c1-3-13(2)8-5-6(10)4-7(11)9(8)12/h4-5H,3,12H2,1-2H3. The Morgan fingerprint density at radius 3 is 2.54 bits per heavy atom. The van der Waals surface area contributed by atoms with Crippen LogP contribution < -0.4 is 10.6 Å². The third-order valence-electron chi connectivity index (χ3n) is 1.96.